The van der Waals surface area contributed by atoms with Crippen LogP contribution in [0.3, 0.4) is 0 Å². The zero-order valence-corrected chi connectivity index (χ0v) is 25.1. The Morgan fingerprint density at radius 2 is 1.84 bits per heavy atom. The van der Waals surface area contributed by atoms with Crippen molar-refractivity contribution in [2.24, 2.45) is 5.10 Å². The van der Waals surface area contributed by atoms with Crippen LogP contribution in [0.15, 0.2) is 72.1 Å². The van der Waals surface area contributed by atoms with Gasteiger partial charge in [0.05, 0.1) is 17.0 Å². The molecule has 0 amide bonds. The quantitative estimate of drug-likeness (QED) is 0.144. The van der Waals surface area contributed by atoms with Gasteiger partial charge in [-0.3, -0.25) is 9.47 Å². The summed E-state index contributed by atoms with van der Waals surface area (Å²) < 4.78 is 1.98. The fraction of sp³-hybridized carbons (Fsp3) is 0.250. The molecule has 0 spiro atoms. The van der Waals surface area contributed by atoms with Crippen molar-refractivity contribution in [3.8, 4) is 23.1 Å². The van der Waals surface area contributed by atoms with Crippen LogP contribution in [-0.2, 0) is 6.54 Å². The molecule has 0 saturated carbocycles. The maximum atomic E-state index is 9.07. The van der Waals surface area contributed by atoms with Gasteiger partial charge in [-0.05, 0) is 67.8 Å². The van der Waals surface area contributed by atoms with Crippen molar-refractivity contribution < 1.29 is 0 Å². The lowest BCUT2D eigenvalue weighted by Gasteiger charge is -2.32. The molecule has 0 bridgehead atoms. The number of fused-ring (bicyclic) bond motifs is 1. The molecule has 0 radical (unpaired) electrons. The summed E-state index contributed by atoms with van der Waals surface area (Å²) in [7, 11) is 1.70. The number of pyridine rings is 2. The number of rotatable bonds is 9. The molecule has 5 aromatic rings. The Hall–Kier alpha value is -5.74. The Bertz CT molecular complexity index is 1910. The minimum Gasteiger partial charge on any atom is -0.383 e. The molecule has 1 aliphatic rings. The molecule has 4 aromatic heterocycles. The van der Waals surface area contributed by atoms with E-state index in [4.69, 9.17) is 26.4 Å². The molecule has 0 atom stereocenters. The minimum absolute atomic E-state index is 0.172. The fourth-order valence-electron chi connectivity index (χ4n) is 5.51. The lowest BCUT2D eigenvalue weighted by atomic mass is 10.0. The highest BCUT2D eigenvalue weighted by atomic mass is 15.3. The Morgan fingerprint density at radius 1 is 1.04 bits per heavy atom. The van der Waals surface area contributed by atoms with E-state index in [2.05, 4.69) is 60.0 Å². The third-order valence-corrected chi connectivity index (χ3v) is 7.70. The molecule has 226 valence electrons. The third-order valence-electron chi connectivity index (χ3n) is 7.70. The molecule has 1 aliphatic heterocycles. The number of benzene rings is 1. The second kappa shape index (κ2) is 12.9. The van der Waals surface area contributed by atoms with Gasteiger partial charge in [0.1, 0.15) is 28.9 Å². The monoisotopic (exact) mass is 599 g/mol. The second-order valence-electron chi connectivity index (χ2n) is 10.8. The summed E-state index contributed by atoms with van der Waals surface area (Å²) in [5.41, 5.74) is 14.5. The van der Waals surface area contributed by atoms with Crippen LogP contribution in [0.5, 0.6) is 0 Å². The lowest BCUT2D eigenvalue weighted by molar-refractivity contribution is 0.211. The van der Waals surface area contributed by atoms with E-state index in [9.17, 15) is 0 Å². The van der Waals surface area contributed by atoms with Gasteiger partial charge in [-0.1, -0.05) is 12.1 Å². The molecule has 0 aliphatic carbocycles. The molecule has 45 heavy (non-hydrogen) atoms. The summed E-state index contributed by atoms with van der Waals surface area (Å²) in [4.78, 5) is 24.7. The topological polar surface area (TPSA) is 183 Å². The van der Waals surface area contributed by atoms with Crippen LogP contribution in [0.1, 0.15) is 36.8 Å². The first-order valence-corrected chi connectivity index (χ1v) is 14.7. The van der Waals surface area contributed by atoms with Crippen molar-refractivity contribution >= 4 is 34.2 Å². The number of hydrogen-bond donors (Lipinski definition) is 4. The molecule has 6 rings (SSSR count). The number of likely N-dealkylation sites (tertiary alicyclic amines) is 1. The van der Waals surface area contributed by atoms with Crippen molar-refractivity contribution in [1.29, 1.82) is 10.7 Å². The molecule has 5 heterocycles. The third kappa shape index (κ3) is 6.31. The van der Waals surface area contributed by atoms with E-state index in [-0.39, 0.29) is 5.82 Å². The van der Waals surface area contributed by atoms with E-state index in [0.29, 0.717) is 57.3 Å². The summed E-state index contributed by atoms with van der Waals surface area (Å²) in [5, 5.41) is 25.0. The first-order valence-electron chi connectivity index (χ1n) is 14.7. The smallest absolute Gasteiger partial charge is 0.234 e. The van der Waals surface area contributed by atoms with Gasteiger partial charge in [-0.15, -0.1) is 0 Å². The van der Waals surface area contributed by atoms with E-state index in [1.165, 1.54) is 5.56 Å². The van der Waals surface area contributed by atoms with Gasteiger partial charge in [-0.25, -0.2) is 24.9 Å². The van der Waals surface area contributed by atoms with E-state index in [0.717, 1.165) is 38.2 Å². The standard InChI is InChI=1S/C32H33N13/c1-20(34)29(43-36-2)25-9-10-26-32(40-25)45(31(41-26)24-4-3-14-38-30(24)35)23-7-5-21(6-8-23)19-44-16-12-22(13-17-44)39-27-11-15-37-28(18-33)42-27/h3-11,14-15,22,34,36H,12-13,16-17,19H2,1-2H3,(H2,35,38)(H,37,39,42)/b34-20?,43-29+. The van der Waals surface area contributed by atoms with Gasteiger partial charge in [0.2, 0.25) is 5.82 Å². The number of aromatic nitrogens is 6. The van der Waals surface area contributed by atoms with Crippen LogP contribution in [0, 0.1) is 16.7 Å². The van der Waals surface area contributed by atoms with Gasteiger partial charge in [0, 0.05) is 50.8 Å². The average molecular weight is 600 g/mol. The maximum absolute atomic E-state index is 9.07. The average Bonchev–Trinajstić information content (AvgIpc) is 3.43. The minimum atomic E-state index is 0.172. The predicted molar refractivity (Wildman–Crippen MR) is 174 cm³/mol. The first-order chi connectivity index (χ1) is 21.9. The molecular formula is C32H33N13. The highest BCUT2D eigenvalue weighted by molar-refractivity contribution is 6.46. The maximum Gasteiger partial charge on any atom is 0.234 e. The summed E-state index contributed by atoms with van der Waals surface area (Å²) in [6, 6.07) is 19.9. The van der Waals surface area contributed by atoms with Crippen LogP contribution < -0.4 is 16.5 Å². The number of hydrazone groups is 1. The van der Waals surface area contributed by atoms with Crippen molar-refractivity contribution in [3.63, 3.8) is 0 Å². The normalized spacial score (nSPS) is 14.3. The highest BCUT2D eigenvalue weighted by Gasteiger charge is 2.22. The van der Waals surface area contributed by atoms with Gasteiger partial charge < -0.3 is 21.9 Å². The predicted octanol–water partition coefficient (Wildman–Crippen LogP) is 3.77. The molecule has 1 aromatic carbocycles. The van der Waals surface area contributed by atoms with Gasteiger partial charge in [-0.2, -0.15) is 10.4 Å². The first kappa shape index (κ1) is 29.3. The van der Waals surface area contributed by atoms with Crippen LogP contribution in [0.4, 0.5) is 11.6 Å². The van der Waals surface area contributed by atoms with Crippen molar-refractivity contribution in [2.75, 3.05) is 31.2 Å². The number of nitrogens with zero attached hydrogens (tertiary/aromatic N) is 9. The number of piperidine rings is 1. The Balaban J connectivity index is 1.25. The van der Waals surface area contributed by atoms with Crippen LogP contribution in [0.2, 0.25) is 0 Å². The number of nitrogens with one attached hydrogen (secondary N) is 3. The van der Waals surface area contributed by atoms with Crippen LogP contribution >= 0.6 is 0 Å². The summed E-state index contributed by atoms with van der Waals surface area (Å²) in [6.45, 7) is 4.41. The largest absolute Gasteiger partial charge is 0.383 e. The van der Waals surface area contributed by atoms with Gasteiger partial charge >= 0.3 is 0 Å². The summed E-state index contributed by atoms with van der Waals surface area (Å²) >= 11 is 0. The van der Waals surface area contributed by atoms with Crippen molar-refractivity contribution in [2.45, 2.75) is 32.4 Å². The van der Waals surface area contributed by atoms with E-state index >= 15 is 0 Å². The molecule has 5 N–H and O–H groups in total. The Kier molecular flexibility index (Phi) is 8.39. The van der Waals surface area contributed by atoms with Crippen molar-refractivity contribution in [1.82, 2.24) is 39.8 Å². The van der Waals surface area contributed by atoms with E-state index in [1.54, 1.807) is 32.4 Å². The number of imidazole rings is 1. The summed E-state index contributed by atoms with van der Waals surface area (Å²) in [5.74, 6) is 1.87. The number of anilines is 2. The highest BCUT2D eigenvalue weighted by Crippen LogP contribution is 2.31. The van der Waals surface area contributed by atoms with Gasteiger partial charge in [0.15, 0.2) is 11.5 Å². The Labute approximate surface area is 260 Å². The second-order valence-corrected chi connectivity index (χ2v) is 10.8. The van der Waals surface area contributed by atoms with Gasteiger partial charge in [0.25, 0.3) is 0 Å². The number of nitrogen functional groups attached to an aromatic ring is 1. The molecular weight excluding hydrogens is 566 g/mol. The number of nitrogens with two attached hydrogens (primary N) is 1. The summed E-state index contributed by atoms with van der Waals surface area (Å²) in [6.07, 6.45) is 5.21. The molecule has 1 fully saturated rings. The zero-order chi connectivity index (χ0) is 31.3. The number of nitriles is 1. The molecule has 1 saturated heterocycles. The van der Waals surface area contributed by atoms with E-state index < -0.39 is 0 Å². The van der Waals surface area contributed by atoms with Crippen molar-refractivity contribution in [3.05, 3.63) is 84.1 Å². The van der Waals surface area contributed by atoms with Crippen LogP contribution in [0.25, 0.3) is 28.2 Å². The Morgan fingerprint density at radius 3 is 2.56 bits per heavy atom. The number of hydrogen-bond acceptors (Lipinski definition) is 12. The van der Waals surface area contributed by atoms with E-state index in [1.807, 2.05) is 34.9 Å². The molecule has 13 nitrogen and oxygen atoms in total. The molecule has 13 heteroatoms. The molecule has 0 unspecified atom stereocenters. The lowest BCUT2D eigenvalue weighted by Crippen LogP contribution is -2.38. The van der Waals surface area contributed by atoms with Crippen LogP contribution in [-0.4, -0.2) is 72.0 Å². The zero-order valence-electron chi connectivity index (χ0n) is 25.1. The fourth-order valence-corrected chi connectivity index (χ4v) is 5.51. The SMILES string of the molecule is CN/N=C(\C(C)=N)c1ccc2nc(-c3cccnc3N)n(-c3ccc(CN4CCC(Nc5ccnc(C#N)n5)CC4)cc3)c2n1.